The highest BCUT2D eigenvalue weighted by Gasteiger charge is 2.10. The fourth-order valence-corrected chi connectivity index (χ4v) is 1.35. The van der Waals surface area contributed by atoms with Gasteiger partial charge in [-0.05, 0) is 6.42 Å². The molecular weight excluding hydrogens is 150 g/mol. The van der Waals surface area contributed by atoms with Gasteiger partial charge in [-0.1, -0.05) is 24.3 Å². The van der Waals surface area contributed by atoms with Crippen molar-refractivity contribution in [2.75, 3.05) is 5.73 Å². The van der Waals surface area contributed by atoms with E-state index in [1.54, 1.807) is 0 Å². The second kappa shape index (κ2) is 2.85. The van der Waals surface area contributed by atoms with Crippen LogP contribution in [0, 0.1) is 0 Å². The lowest BCUT2D eigenvalue weighted by Gasteiger charge is -2.09. The summed E-state index contributed by atoms with van der Waals surface area (Å²) >= 11 is 0. The van der Waals surface area contributed by atoms with Crippen LogP contribution in [0.1, 0.15) is 18.0 Å². The Labute approximate surface area is 71.0 Å². The molecule has 3 nitrogen and oxygen atoms in total. The highest BCUT2D eigenvalue weighted by atomic mass is 15.2. The topological polar surface area (TPSA) is 54.7 Å². The molecule has 62 valence electrons. The van der Waals surface area contributed by atoms with Gasteiger partial charge in [-0.3, -0.25) is 5.10 Å². The number of nitrogen functional groups attached to an aromatic ring is 1. The summed E-state index contributed by atoms with van der Waals surface area (Å²) in [6.45, 7) is 0. The normalized spacial score (nSPS) is 21.5. The van der Waals surface area contributed by atoms with E-state index in [0.29, 0.717) is 11.7 Å². The largest absolute Gasteiger partial charge is 0.382 e. The van der Waals surface area contributed by atoms with Crippen molar-refractivity contribution in [1.82, 2.24) is 10.2 Å². The molecule has 0 saturated heterocycles. The van der Waals surface area contributed by atoms with Gasteiger partial charge in [0.25, 0.3) is 0 Å². The monoisotopic (exact) mass is 161 g/mol. The maximum Gasteiger partial charge on any atom is 0.145 e. The molecule has 1 aromatic heterocycles. The standard InChI is InChI=1S/C9H11N3/c10-9-6-8(11-12-9)7-4-2-1-3-5-7/h1-4,6-7H,5H2,(H3,10,11,12). The zero-order valence-corrected chi connectivity index (χ0v) is 6.70. The first-order valence-electron chi connectivity index (χ1n) is 4.00. The smallest absolute Gasteiger partial charge is 0.145 e. The van der Waals surface area contributed by atoms with E-state index >= 15 is 0 Å². The Morgan fingerprint density at radius 2 is 2.42 bits per heavy atom. The lowest BCUT2D eigenvalue weighted by Crippen LogP contribution is -1.96. The third kappa shape index (κ3) is 1.25. The van der Waals surface area contributed by atoms with Crippen molar-refractivity contribution in [2.24, 2.45) is 0 Å². The molecule has 0 bridgehead atoms. The Bertz CT molecular complexity index is 322. The van der Waals surface area contributed by atoms with Gasteiger partial charge in [-0.25, -0.2) is 0 Å². The summed E-state index contributed by atoms with van der Waals surface area (Å²) in [6.07, 6.45) is 9.41. The lowest BCUT2D eigenvalue weighted by molar-refractivity contribution is 0.805. The molecule has 3 N–H and O–H groups in total. The van der Waals surface area contributed by atoms with E-state index in [9.17, 15) is 0 Å². The van der Waals surface area contributed by atoms with E-state index in [1.165, 1.54) is 0 Å². The quantitative estimate of drug-likeness (QED) is 0.657. The van der Waals surface area contributed by atoms with Crippen LogP contribution in [-0.2, 0) is 0 Å². The molecule has 0 aromatic carbocycles. The minimum absolute atomic E-state index is 0.416. The first-order valence-corrected chi connectivity index (χ1v) is 4.00. The van der Waals surface area contributed by atoms with Crippen molar-refractivity contribution >= 4 is 5.82 Å². The second-order valence-corrected chi connectivity index (χ2v) is 2.90. The highest BCUT2D eigenvalue weighted by molar-refractivity contribution is 5.33. The van der Waals surface area contributed by atoms with Gasteiger partial charge in [0, 0.05) is 17.7 Å². The van der Waals surface area contributed by atoms with Crippen LogP contribution < -0.4 is 5.73 Å². The van der Waals surface area contributed by atoms with Gasteiger partial charge >= 0.3 is 0 Å². The number of aromatic nitrogens is 2. The predicted octanol–water partition coefficient (Wildman–Crippen LogP) is 1.59. The number of hydrogen-bond donors (Lipinski definition) is 2. The van der Waals surface area contributed by atoms with Crippen LogP contribution in [-0.4, -0.2) is 10.2 Å². The molecule has 1 aliphatic rings. The van der Waals surface area contributed by atoms with Gasteiger partial charge in [0.05, 0.1) is 0 Å². The molecule has 3 heteroatoms. The average molecular weight is 161 g/mol. The van der Waals surface area contributed by atoms with Gasteiger partial charge in [-0.15, -0.1) is 0 Å². The second-order valence-electron chi connectivity index (χ2n) is 2.90. The van der Waals surface area contributed by atoms with E-state index in [-0.39, 0.29) is 0 Å². The van der Waals surface area contributed by atoms with E-state index in [4.69, 9.17) is 5.73 Å². The molecule has 1 atom stereocenters. The van der Waals surface area contributed by atoms with Gasteiger partial charge in [0.15, 0.2) is 0 Å². The van der Waals surface area contributed by atoms with E-state index in [1.807, 2.05) is 12.1 Å². The minimum atomic E-state index is 0.416. The average Bonchev–Trinajstić information content (AvgIpc) is 2.54. The number of hydrogen-bond acceptors (Lipinski definition) is 2. The maximum atomic E-state index is 5.50. The van der Waals surface area contributed by atoms with Gasteiger partial charge < -0.3 is 5.73 Å². The number of anilines is 1. The number of nitrogens with two attached hydrogens (primary N) is 1. The molecule has 0 aliphatic heterocycles. The molecule has 0 radical (unpaired) electrons. The van der Waals surface area contributed by atoms with Crippen LogP contribution in [0.4, 0.5) is 5.82 Å². The molecule has 0 fully saturated rings. The summed E-state index contributed by atoms with van der Waals surface area (Å²) < 4.78 is 0. The number of allylic oxidation sites excluding steroid dienone is 4. The minimum Gasteiger partial charge on any atom is -0.382 e. The van der Waals surface area contributed by atoms with Gasteiger partial charge in [0.1, 0.15) is 5.82 Å². The number of nitrogens with one attached hydrogen (secondary N) is 1. The van der Waals surface area contributed by atoms with Crippen LogP contribution in [0.3, 0.4) is 0 Å². The Balaban J connectivity index is 2.20. The molecule has 1 aliphatic carbocycles. The third-order valence-corrected chi connectivity index (χ3v) is 2.00. The van der Waals surface area contributed by atoms with Crippen molar-refractivity contribution in [3.8, 4) is 0 Å². The summed E-state index contributed by atoms with van der Waals surface area (Å²) in [5.41, 5.74) is 6.59. The van der Waals surface area contributed by atoms with E-state index < -0.39 is 0 Å². The summed E-state index contributed by atoms with van der Waals surface area (Å²) in [7, 11) is 0. The lowest BCUT2D eigenvalue weighted by atomic mass is 9.98. The molecule has 2 rings (SSSR count). The Morgan fingerprint density at radius 3 is 3.00 bits per heavy atom. The highest BCUT2D eigenvalue weighted by Crippen LogP contribution is 2.23. The van der Waals surface area contributed by atoms with Crippen LogP contribution in [0.15, 0.2) is 30.4 Å². The fraction of sp³-hybridized carbons (Fsp3) is 0.222. The van der Waals surface area contributed by atoms with Crippen LogP contribution >= 0.6 is 0 Å². The van der Waals surface area contributed by atoms with Crippen molar-refractivity contribution in [1.29, 1.82) is 0 Å². The number of aromatic amines is 1. The van der Waals surface area contributed by atoms with Crippen molar-refractivity contribution in [3.63, 3.8) is 0 Å². The summed E-state index contributed by atoms with van der Waals surface area (Å²) in [6, 6.07) is 1.88. The van der Waals surface area contributed by atoms with Crippen LogP contribution in [0.5, 0.6) is 0 Å². The molecule has 0 amide bonds. The Hall–Kier alpha value is -1.51. The zero-order chi connectivity index (χ0) is 8.39. The number of rotatable bonds is 1. The van der Waals surface area contributed by atoms with E-state index in [2.05, 4.69) is 28.4 Å². The van der Waals surface area contributed by atoms with Crippen molar-refractivity contribution in [3.05, 3.63) is 36.1 Å². The number of nitrogens with zero attached hydrogens (tertiary/aromatic N) is 1. The van der Waals surface area contributed by atoms with Crippen molar-refractivity contribution in [2.45, 2.75) is 12.3 Å². The van der Waals surface area contributed by atoms with Gasteiger partial charge in [0.2, 0.25) is 0 Å². The Kier molecular flexibility index (Phi) is 1.70. The van der Waals surface area contributed by atoms with Crippen LogP contribution in [0.25, 0.3) is 0 Å². The molecule has 0 spiro atoms. The SMILES string of the molecule is Nc1cc(C2C=CC=CC2)[nH]n1. The summed E-state index contributed by atoms with van der Waals surface area (Å²) in [5.74, 6) is 0.979. The molecule has 1 heterocycles. The third-order valence-electron chi connectivity index (χ3n) is 2.00. The molecule has 1 unspecified atom stereocenters. The maximum absolute atomic E-state index is 5.50. The summed E-state index contributed by atoms with van der Waals surface area (Å²) in [5, 5.41) is 6.80. The molecule has 0 saturated carbocycles. The van der Waals surface area contributed by atoms with Gasteiger partial charge in [-0.2, -0.15) is 5.10 Å². The molecular formula is C9H11N3. The number of H-pyrrole nitrogens is 1. The first-order chi connectivity index (χ1) is 5.86. The molecule has 1 aromatic rings. The molecule has 12 heavy (non-hydrogen) atoms. The first kappa shape index (κ1) is 7.16. The zero-order valence-electron chi connectivity index (χ0n) is 6.70. The summed E-state index contributed by atoms with van der Waals surface area (Å²) in [4.78, 5) is 0. The van der Waals surface area contributed by atoms with E-state index in [0.717, 1.165) is 12.1 Å². The van der Waals surface area contributed by atoms with Crippen molar-refractivity contribution < 1.29 is 0 Å². The Morgan fingerprint density at radius 1 is 1.50 bits per heavy atom. The van der Waals surface area contributed by atoms with Crippen LogP contribution in [0.2, 0.25) is 0 Å². The predicted molar refractivity (Wildman–Crippen MR) is 48.6 cm³/mol. The fourth-order valence-electron chi connectivity index (χ4n) is 1.35.